The van der Waals surface area contributed by atoms with Gasteiger partial charge in [0.2, 0.25) is 0 Å². The Morgan fingerprint density at radius 1 is 1.08 bits per heavy atom. The third-order valence-corrected chi connectivity index (χ3v) is 4.19. The molecule has 7 nitrogen and oxygen atoms in total. The number of hydrogen-bond donors (Lipinski definition) is 2. The van der Waals surface area contributed by atoms with Crippen LogP contribution >= 0.6 is 0 Å². The Bertz CT molecular complexity index is 1030. The molecule has 0 atom stereocenters. The number of carbonyl (C=O) groups is 1. The molecule has 0 saturated heterocycles. The first-order valence-corrected chi connectivity index (χ1v) is 8.39. The second-order valence-electron chi connectivity index (χ2n) is 6.05. The van der Waals surface area contributed by atoms with Crippen LogP contribution in [0.3, 0.4) is 0 Å². The minimum atomic E-state index is -1.04. The lowest BCUT2D eigenvalue weighted by molar-refractivity contribution is -0.136. The smallest absolute Gasteiger partial charge is 0.303 e. The van der Waals surface area contributed by atoms with E-state index in [1.165, 1.54) is 18.0 Å². The average Bonchev–Trinajstić information content (AvgIpc) is 3.10. The van der Waals surface area contributed by atoms with Gasteiger partial charge < -0.3 is 10.2 Å². The number of aliphatic hydroxyl groups is 1. The summed E-state index contributed by atoms with van der Waals surface area (Å²) in [6.45, 7) is 0. The molecule has 2 N–H and O–H groups in total. The topological polar surface area (TPSA) is 105 Å². The summed E-state index contributed by atoms with van der Waals surface area (Å²) < 4.78 is 1.54. The molecule has 0 aliphatic heterocycles. The zero-order chi connectivity index (χ0) is 18.5. The van der Waals surface area contributed by atoms with Crippen LogP contribution in [0.5, 0.6) is 0 Å². The van der Waals surface area contributed by atoms with E-state index in [0.29, 0.717) is 12.1 Å². The molecule has 0 aliphatic rings. The Morgan fingerprint density at radius 3 is 2.58 bits per heavy atom. The maximum Gasteiger partial charge on any atom is 0.303 e. The van der Waals surface area contributed by atoms with Crippen molar-refractivity contribution in [2.45, 2.75) is 32.1 Å². The standard InChI is InChI=1S/C19H19N3O4/c23-15(9-10-17(25)26)18-16(24)11-14(22-19(18)20-12-21-22)8-4-7-13-5-2-1-3-6-13/h1-3,5-6,11-12,23H,4,7-10H2,(H,25,26). The van der Waals surface area contributed by atoms with Crippen molar-refractivity contribution in [1.82, 2.24) is 14.6 Å². The minimum absolute atomic E-state index is 0.0237. The van der Waals surface area contributed by atoms with E-state index in [4.69, 9.17) is 5.11 Å². The number of aryl methyl sites for hydroxylation is 2. The summed E-state index contributed by atoms with van der Waals surface area (Å²) in [5.74, 6) is -1.31. The fraction of sp³-hybridized carbons (Fsp3) is 0.263. The third kappa shape index (κ3) is 3.88. The molecule has 0 fully saturated rings. The van der Waals surface area contributed by atoms with Crippen molar-refractivity contribution >= 4 is 17.4 Å². The quantitative estimate of drug-likeness (QED) is 0.667. The second kappa shape index (κ2) is 7.77. The van der Waals surface area contributed by atoms with Gasteiger partial charge in [0.15, 0.2) is 11.1 Å². The van der Waals surface area contributed by atoms with Gasteiger partial charge in [-0.25, -0.2) is 9.50 Å². The number of benzene rings is 1. The van der Waals surface area contributed by atoms with Crippen molar-refractivity contribution < 1.29 is 15.0 Å². The molecule has 0 spiro atoms. The number of fused-ring (bicyclic) bond motifs is 1. The lowest BCUT2D eigenvalue weighted by Crippen LogP contribution is -2.31. The molecule has 3 aromatic rings. The van der Waals surface area contributed by atoms with E-state index < -0.39 is 5.97 Å². The van der Waals surface area contributed by atoms with Crippen LogP contribution in [-0.2, 0) is 17.6 Å². The predicted molar refractivity (Wildman–Crippen MR) is 95.8 cm³/mol. The maximum absolute atomic E-state index is 12.5. The van der Waals surface area contributed by atoms with Gasteiger partial charge in [-0.1, -0.05) is 30.3 Å². The predicted octanol–water partition coefficient (Wildman–Crippen LogP) is 1.51. The van der Waals surface area contributed by atoms with Gasteiger partial charge in [-0.05, 0) is 24.8 Å². The molecular formula is C19H19N3O4. The van der Waals surface area contributed by atoms with E-state index in [0.717, 1.165) is 12.8 Å². The van der Waals surface area contributed by atoms with Crippen molar-refractivity contribution in [3.05, 3.63) is 69.4 Å². The summed E-state index contributed by atoms with van der Waals surface area (Å²) in [7, 11) is 0. The molecule has 2 heterocycles. The van der Waals surface area contributed by atoms with Gasteiger partial charge in [-0.3, -0.25) is 9.59 Å². The SMILES string of the molecule is O=C(O)CCC(O)=c1c(=O)cc(CCCc2ccccc2)n2ncnc12. The molecule has 7 heteroatoms. The number of hydrogen-bond acceptors (Lipinski definition) is 5. The van der Waals surface area contributed by atoms with E-state index >= 15 is 0 Å². The molecule has 134 valence electrons. The first-order valence-electron chi connectivity index (χ1n) is 8.39. The summed E-state index contributed by atoms with van der Waals surface area (Å²) in [6, 6.07) is 11.5. The van der Waals surface area contributed by atoms with Crippen molar-refractivity contribution in [3.63, 3.8) is 0 Å². The Hall–Kier alpha value is -3.22. The minimum Gasteiger partial charge on any atom is -0.511 e. The largest absolute Gasteiger partial charge is 0.511 e. The first kappa shape index (κ1) is 17.6. The van der Waals surface area contributed by atoms with Crippen LogP contribution in [0.4, 0.5) is 0 Å². The summed E-state index contributed by atoms with van der Waals surface area (Å²) in [4.78, 5) is 27.2. The Kier molecular flexibility index (Phi) is 5.26. The van der Waals surface area contributed by atoms with E-state index in [9.17, 15) is 14.7 Å². The van der Waals surface area contributed by atoms with Crippen LogP contribution < -0.4 is 10.6 Å². The molecule has 0 aliphatic carbocycles. The first-order chi connectivity index (χ1) is 12.6. The van der Waals surface area contributed by atoms with E-state index in [2.05, 4.69) is 22.2 Å². The Morgan fingerprint density at radius 2 is 1.85 bits per heavy atom. The normalized spacial score (nSPS) is 12.3. The molecule has 26 heavy (non-hydrogen) atoms. The zero-order valence-corrected chi connectivity index (χ0v) is 14.1. The molecular weight excluding hydrogens is 334 g/mol. The van der Waals surface area contributed by atoms with Crippen molar-refractivity contribution in [1.29, 1.82) is 0 Å². The van der Waals surface area contributed by atoms with E-state index in [1.807, 2.05) is 18.2 Å². The summed E-state index contributed by atoms with van der Waals surface area (Å²) in [6.07, 6.45) is 3.30. The van der Waals surface area contributed by atoms with Gasteiger partial charge in [0.05, 0.1) is 6.42 Å². The Balaban J connectivity index is 1.88. The average molecular weight is 353 g/mol. The van der Waals surface area contributed by atoms with Gasteiger partial charge in [0, 0.05) is 18.2 Å². The number of aromatic nitrogens is 3. The lowest BCUT2D eigenvalue weighted by Gasteiger charge is -2.06. The highest BCUT2D eigenvalue weighted by Crippen LogP contribution is 2.08. The fourth-order valence-electron chi connectivity index (χ4n) is 2.93. The summed E-state index contributed by atoms with van der Waals surface area (Å²) >= 11 is 0. The summed E-state index contributed by atoms with van der Waals surface area (Å²) in [5.41, 5.74) is 1.83. The molecule has 0 unspecified atom stereocenters. The number of aliphatic hydroxyl groups excluding tert-OH is 1. The lowest BCUT2D eigenvalue weighted by atomic mass is 10.1. The molecule has 0 amide bonds. The Labute approximate surface area is 149 Å². The van der Waals surface area contributed by atoms with Crippen molar-refractivity contribution in [2.24, 2.45) is 0 Å². The van der Waals surface area contributed by atoms with Gasteiger partial charge in [-0.15, -0.1) is 0 Å². The monoisotopic (exact) mass is 353 g/mol. The zero-order valence-electron chi connectivity index (χ0n) is 14.1. The summed E-state index contributed by atoms with van der Waals surface area (Å²) in [5, 5.41) is 23.1. The number of nitrogens with zero attached hydrogens (tertiary/aromatic N) is 3. The van der Waals surface area contributed by atoms with Crippen LogP contribution in [0, 0.1) is 0 Å². The van der Waals surface area contributed by atoms with Crippen LogP contribution in [-0.4, -0.2) is 30.8 Å². The molecule has 0 radical (unpaired) electrons. The van der Waals surface area contributed by atoms with Crippen molar-refractivity contribution in [3.8, 4) is 0 Å². The molecule has 1 aromatic carbocycles. The van der Waals surface area contributed by atoms with Gasteiger partial charge in [0.1, 0.15) is 17.3 Å². The second-order valence-corrected chi connectivity index (χ2v) is 6.05. The maximum atomic E-state index is 12.5. The highest BCUT2D eigenvalue weighted by Gasteiger charge is 2.12. The number of pyridine rings is 1. The van der Waals surface area contributed by atoms with Crippen LogP contribution in [0.25, 0.3) is 11.4 Å². The fourth-order valence-corrected chi connectivity index (χ4v) is 2.93. The van der Waals surface area contributed by atoms with Gasteiger partial charge in [-0.2, -0.15) is 5.10 Å². The van der Waals surface area contributed by atoms with Gasteiger partial charge >= 0.3 is 5.97 Å². The molecule has 0 bridgehead atoms. The highest BCUT2D eigenvalue weighted by atomic mass is 16.4. The van der Waals surface area contributed by atoms with E-state index in [1.54, 1.807) is 4.52 Å². The molecule has 0 saturated carbocycles. The van der Waals surface area contributed by atoms with E-state index in [-0.39, 0.29) is 34.9 Å². The van der Waals surface area contributed by atoms with Crippen LogP contribution in [0.2, 0.25) is 0 Å². The number of carboxylic acids is 1. The third-order valence-electron chi connectivity index (χ3n) is 4.19. The molecule has 3 rings (SSSR count). The number of carboxylic acid groups (broad SMARTS) is 1. The highest BCUT2D eigenvalue weighted by molar-refractivity contribution is 5.68. The van der Waals surface area contributed by atoms with Crippen LogP contribution in [0.1, 0.15) is 30.5 Å². The molecule has 2 aromatic heterocycles. The van der Waals surface area contributed by atoms with Crippen molar-refractivity contribution in [2.75, 3.05) is 0 Å². The van der Waals surface area contributed by atoms with Crippen LogP contribution in [0.15, 0.2) is 47.5 Å². The number of rotatable bonds is 7. The van der Waals surface area contributed by atoms with Gasteiger partial charge in [0.25, 0.3) is 0 Å². The number of aliphatic carboxylic acids is 1.